The number of aromatic nitrogens is 1. The van der Waals surface area contributed by atoms with E-state index in [-0.39, 0.29) is 17.6 Å². The second kappa shape index (κ2) is 3.65. The Morgan fingerprint density at radius 3 is 2.80 bits per heavy atom. The molecule has 82 valence electrons. The lowest BCUT2D eigenvalue weighted by Crippen LogP contribution is -2.60. The van der Waals surface area contributed by atoms with Crippen molar-refractivity contribution in [2.45, 2.75) is 32.4 Å². The largest absolute Gasteiger partial charge is 0.488 e. The summed E-state index contributed by atoms with van der Waals surface area (Å²) in [6.45, 7) is 4.23. The summed E-state index contributed by atoms with van der Waals surface area (Å²) in [5, 5.41) is 0.592. The molecule has 1 heterocycles. The zero-order valence-electron chi connectivity index (χ0n) is 8.90. The molecule has 2 N–H and O–H groups in total. The van der Waals surface area contributed by atoms with Crippen molar-refractivity contribution in [3.63, 3.8) is 0 Å². The predicted molar refractivity (Wildman–Crippen MR) is 60.0 cm³/mol. The minimum absolute atomic E-state index is 0.0301. The van der Waals surface area contributed by atoms with Gasteiger partial charge in [0.25, 0.3) is 0 Å². The molecule has 1 aliphatic rings. The number of ether oxygens (including phenoxy) is 1. The molecule has 0 saturated heterocycles. The van der Waals surface area contributed by atoms with Crippen molar-refractivity contribution in [2.75, 3.05) is 0 Å². The molecule has 1 aromatic heterocycles. The molecule has 0 aliphatic heterocycles. The highest BCUT2D eigenvalue weighted by Gasteiger charge is 2.47. The van der Waals surface area contributed by atoms with E-state index in [1.165, 1.54) is 0 Å². The van der Waals surface area contributed by atoms with Crippen LogP contribution in [0.15, 0.2) is 18.5 Å². The maximum atomic E-state index is 5.91. The van der Waals surface area contributed by atoms with Crippen molar-refractivity contribution < 1.29 is 4.74 Å². The fourth-order valence-electron chi connectivity index (χ4n) is 1.74. The molecule has 1 fully saturated rings. The molecule has 2 atom stereocenters. The number of pyridine rings is 1. The molecule has 4 heteroatoms. The van der Waals surface area contributed by atoms with Crippen molar-refractivity contribution in [1.82, 2.24) is 4.98 Å². The summed E-state index contributed by atoms with van der Waals surface area (Å²) in [5.41, 5.74) is 5.94. The number of hydrogen-bond donors (Lipinski definition) is 1. The van der Waals surface area contributed by atoms with Crippen LogP contribution < -0.4 is 10.5 Å². The fourth-order valence-corrected chi connectivity index (χ4v) is 1.90. The predicted octanol–water partition coefficient (Wildman–Crippen LogP) is 2.24. The highest BCUT2D eigenvalue weighted by Crippen LogP contribution is 2.41. The Balaban J connectivity index is 2.05. The monoisotopic (exact) mass is 226 g/mol. The first kappa shape index (κ1) is 10.7. The zero-order valence-corrected chi connectivity index (χ0v) is 9.66. The van der Waals surface area contributed by atoms with E-state index in [1.54, 1.807) is 18.5 Å². The van der Waals surface area contributed by atoms with E-state index in [0.29, 0.717) is 10.8 Å². The fraction of sp³-hybridized carbons (Fsp3) is 0.545. The Labute approximate surface area is 94.6 Å². The van der Waals surface area contributed by atoms with Gasteiger partial charge < -0.3 is 10.5 Å². The standard InChI is InChI=1S/C11H15ClN2O/c1-11(2)9(13)4-10(11)15-8-3-7(12)5-14-6-8/h3,5-6,9-10H,4,13H2,1-2H3. The van der Waals surface area contributed by atoms with Crippen LogP contribution in [0.4, 0.5) is 0 Å². The molecular formula is C11H15ClN2O. The maximum absolute atomic E-state index is 5.91. The summed E-state index contributed by atoms with van der Waals surface area (Å²) in [4.78, 5) is 3.97. The summed E-state index contributed by atoms with van der Waals surface area (Å²) in [6, 6.07) is 1.99. The van der Waals surface area contributed by atoms with Crippen LogP contribution in [0.2, 0.25) is 5.02 Å². The number of halogens is 1. The van der Waals surface area contributed by atoms with Gasteiger partial charge in [-0.1, -0.05) is 25.4 Å². The Bertz CT molecular complexity index is 367. The van der Waals surface area contributed by atoms with Gasteiger partial charge >= 0.3 is 0 Å². The summed E-state index contributed by atoms with van der Waals surface area (Å²) in [7, 11) is 0. The second-order valence-electron chi connectivity index (χ2n) is 4.61. The number of nitrogens with two attached hydrogens (primary N) is 1. The maximum Gasteiger partial charge on any atom is 0.139 e. The number of nitrogens with zero attached hydrogens (tertiary/aromatic N) is 1. The Hall–Kier alpha value is -0.800. The quantitative estimate of drug-likeness (QED) is 0.842. The van der Waals surface area contributed by atoms with Crippen molar-refractivity contribution >= 4 is 11.6 Å². The minimum Gasteiger partial charge on any atom is -0.488 e. The molecule has 1 saturated carbocycles. The van der Waals surface area contributed by atoms with Crippen LogP contribution >= 0.6 is 11.6 Å². The molecule has 0 amide bonds. The van der Waals surface area contributed by atoms with Gasteiger partial charge in [-0.15, -0.1) is 0 Å². The average Bonchev–Trinajstić information content (AvgIpc) is 2.17. The second-order valence-corrected chi connectivity index (χ2v) is 5.05. The summed E-state index contributed by atoms with van der Waals surface area (Å²) in [5.74, 6) is 0.715. The number of hydrogen-bond acceptors (Lipinski definition) is 3. The Morgan fingerprint density at radius 2 is 2.27 bits per heavy atom. The first-order chi connectivity index (χ1) is 7.00. The van der Waals surface area contributed by atoms with Crippen LogP contribution in [-0.2, 0) is 0 Å². The lowest BCUT2D eigenvalue weighted by molar-refractivity contribution is -0.0401. The van der Waals surface area contributed by atoms with Gasteiger partial charge in [0.1, 0.15) is 11.9 Å². The van der Waals surface area contributed by atoms with Crippen molar-refractivity contribution in [1.29, 1.82) is 0 Å². The van der Waals surface area contributed by atoms with Gasteiger partial charge in [0, 0.05) is 30.1 Å². The SMILES string of the molecule is CC1(C)C(N)CC1Oc1cncc(Cl)c1. The van der Waals surface area contributed by atoms with E-state index in [4.69, 9.17) is 22.1 Å². The van der Waals surface area contributed by atoms with Crippen LogP contribution in [0.25, 0.3) is 0 Å². The third kappa shape index (κ3) is 1.94. The van der Waals surface area contributed by atoms with Gasteiger partial charge in [-0.25, -0.2) is 0 Å². The van der Waals surface area contributed by atoms with Crippen molar-refractivity contribution in [3.8, 4) is 5.75 Å². The van der Waals surface area contributed by atoms with E-state index >= 15 is 0 Å². The van der Waals surface area contributed by atoms with Crippen LogP contribution in [0.1, 0.15) is 20.3 Å². The van der Waals surface area contributed by atoms with Gasteiger partial charge in [-0.05, 0) is 0 Å². The lowest BCUT2D eigenvalue weighted by atomic mass is 9.65. The van der Waals surface area contributed by atoms with Crippen molar-refractivity contribution in [2.24, 2.45) is 11.1 Å². The highest BCUT2D eigenvalue weighted by molar-refractivity contribution is 6.30. The Kier molecular flexibility index (Phi) is 2.61. The molecule has 1 aliphatic carbocycles. The molecule has 3 nitrogen and oxygen atoms in total. The molecule has 0 radical (unpaired) electrons. The van der Waals surface area contributed by atoms with Gasteiger partial charge in [0.05, 0.1) is 11.2 Å². The smallest absolute Gasteiger partial charge is 0.139 e. The zero-order chi connectivity index (χ0) is 11.1. The van der Waals surface area contributed by atoms with Crippen molar-refractivity contribution in [3.05, 3.63) is 23.5 Å². The molecular weight excluding hydrogens is 212 g/mol. The molecule has 0 spiro atoms. The van der Waals surface area contributed by atoms with Crippen LogP contribution in [0.5, 0.6) is 5.75 Å². The van der Waals surface area contributed by atoms with Gasteiger partial charge in [-0.3, -0.25) is 4.98 Å². The van der Waals surface area contributed by atoms with E-state index in [2.05, 4.69) is 18.8 Å². The first-order valence-electron chi connectivity index (χ1n) is 5.03. The van der Waals surface area contributed by atoms with Gasteiger partial charge in [0.15, 0.2) is 0 Å². The van der Waals surface area contributed by atoms with Crippen LogP contribution in [0, 0.1) is 5.41 Å². The Morgan fingerprint density at radius 1 is 1.53 bits per heavy atom. The lowest BCUT2D eigenvalue weighted by Gasteiger charge is -2.49. The molecule has 2 rings (SSSR count). The van der Waals surface area contributed by atoms with Gasteiger partial charge in [-0.2, -0.15) is 0 Å². The minimum atomic E-state index is 0.0301. The average molecular weight is 227 g/mol. The molecule has 0 aromatic carbocycles. The summed E-state index contributed by atoms with van der Waals surface area (Å²) >= 11 is 5.82. The van der Waals surface area contributed by atoms with Crippen LogP contribution in [-0.4, -0.2) is 17.1 Å². The van der Waals surface area contributed by atoms with E-state index in [1.807, 2.05) is 0 Å². The van der Waals surface area contributed by atoms with E-state index < -0.39 is 0 Å². The molecule has 0 bridgehead atoms. The molecule has 2 unspecified atom stereocenters. The first-order valence-corrected chi connectivity index (χ1v) is 5.41. The summed E-state index contributed by atoms with van der Waals surface area (Å²) in [6.07, 6.45) is 4.31. The topological polar surface area (TPSA) is 48.1 Å². The van der Waals surface area contributed by atoms with Gasteiger partial charge in [0.2, 0.25) is 0 Å². The molecule has 1 aromatic rings. The summed E-state index contributed by atoms with van der Waals surface area (Å²) < 4.78 is 5.79. The number of rotatable bonds is 2. The van der Waals surface area contributed by atoms with E-state index in [9.17, 15) is 0 Å². The van der Waals surface area contributed by atoms with Crippen LogP contribution in [0.3, 0.4) is 0 Å². The van der Waals surface area contributed by atoms with E-state index in [0.717, 1.165) is 6.42 Å². The molecule has 15 heavy (non-hydrogen) atoms. The third-order valence-electron chi connectivity index (χ3n) is 3.21. The third-order valence-corrected chi connectivity index (χ3v) is 3.42. The highest BCUT2D eigenvalue weighted by atomic mass is 35.5. The normalized spacial score (nSPS) is 28.3.